The SMILES string of the molecule is COc1ccc(OC)c(CNS(=O)(=O)N2CCCCCC2)c1. The number of hydrogen-bond acceptors (Lipinski definition) is 4. The van der Waals surface area contributed by atoms with Crippen LogP contribution in [0.3, 0.4) is 0 Å². The van der Waals surface area contributed by atoms with E-state index in [9.17, 15) is 8.42 Å². The molecule has 1 fully saturated rings. The van der Waals surface area contributed by atoms with Crippen molar-refractivity contribution in [2.75, 3.05) is 27.3 Å². The highest BCUT2D eigenvalue weighted by molar-refractivity contribution is 7.87. The van der Waals surface area contributed by atoms with Crippen LogP contribution in [0.15, 0.2) is 18.2 Å². The van der Waals surface area contributed by atoms with Gasteiger partial charge in [-0.2, -0.15) is 17.4 Å². The average molecular weight is 328 g/mol. The van der Waals surface area contributed by atoms with Crippen molar-refractivity contribution in [2.45, 2.75) is 32.2 Å². The van der Waals surface area contributed by atoms with E-state index in [2.05, 4.69) is 4.72 Å². The highest BCUT2D eigenvalue weighted by Gasteiger charge is 2.22. The lowest BCUT2D eigenvalue weighted by Gasteiger charge is -2.20. The third-order valence-corrected chi connectivity index (χ3v) is 5.39. The second-order valence-corrected chi connectivity index (χ2v) is 7.07. The van der Waals surface area contributed by atoms with Crippen molar-refractivity contribution < 1.29 is 17.9 Å². The average Bonchev–Trinajstić information content (AvgIpc) is 2.82. The zero-order valence-electron chi connectivity index (χ0n) is 13.2. The molecule has 0 spiro atoms. The Morgan fingerprint density at radius 1 is 1.09 bits per heavy atom. The summed E-state index contributed by atoms with van der Waals surface area (Å²) >= 11 is 0. The predicted octanol–water partition coefficient (Wildman–Crippen LogP) is 1.91. The number of ether oxygens (including phenoxy) is 2. The number of nitrogens with one attached hydrogen (secondary N) is 1. The van der Waals surface area contributed by atoms with Gasteiger partial charge in [0.15, 0.2) is 0 Å². The number of rotatable bonds is 6. The molecule has 0 saturated carbocycles. The zero-order chi connectivity index (χ0) is 16.0. The van der Waals surface area contributed by atoms with E-state index in [0.29, 0.717) is 24.6 Å². The number of benzene rings is 1. The first-order chi connectivity index (χ1) is 10.6. The monoisotopic (exact) mass is 328 g/mol. The quantitative estimate of drug-likeness (QED) is 0.866. The summed E-state index contributed by atoms with van der Waals surface area (Å²) in [4.78, 5) is 0. The fourth-order valence-corrected chi connectivity index (χ4v) is 3.82. The van der Waals surface area contributed by atoms with Crippen LogP contribution in [-0.4, -0.2) is 40.0 Å². The topological polar surface area (TPSA) is 67.9 Å². The highest BCUT2D eigenvalue weighted by atomic mass is 32.2. The summed E-state index contributed by atoms with van der Waals surface area (Å²) in [6, 6.07) is 5.34. The number of hydrogen-bond donors (Lipinski definition) is 1. The smallest absolute Gasteiger partial charge is 0.279 e. The molecular formula is C15H24N2O4S. The maximum Gasteiger partial charge on any atom is 0.279 e. The third kappa shape index (κ3) is 4.34. The molecule has 1 saturated heterocycles. The molecule has 1 N–H and O–H groups in total. The fourth-order valence-electron chi connectivity index (χ4n) is 2.56. The molecule has 22 heavy (non-hydrogen) atoms. The lowest BCUT2D eigenvalue weighted by atomic mass is 10.2. The minimum atomic E-state index is -3.46. The molecule has 0 amide bonds. The molecule has 0 bridgehead atoms. The van der Waals surface area contributed by atoms with Gasteiger partial charge in [-0.15, -0.1) is 0 Å². The van der Waals surface area contributed by atoms with E-state index >= 15 is 0 Å². The molecular weight excluding hydrogens is 304 g/mol. The second-order valence-electron chi connectivity index (χ2n) is 5.32. The third-order valence-electron chi connectivity index (χ3n) is 3.84. The number of nitrogens with zero attached hydrogens (tertiary/aromatic N) is 1. The van der Waals surface area contributed by atoms with Gasteiger partial charge in [0.1, 0.15) is 11.5 Å². The van der Waals surface area contributed by atoms with Crippen LogP contribution in [-0.2, 0) is 16.8 Å². The lowest BCUT2D eigenvalue weighted by Crippen LogP contribution is -2.40. The summed E-state index contributed by atoms with van der Waals surface area (Å²) in [7, 11) is -0.322. The molecule has 2 rings (SSSR count). The zero-order valence-corrected chi connectivity index (χ0v) is 14.0. The maximum absolute atomic E-state index is 12.4. The van der Waals surface area contributed by atoms with E-state index in [-0.39, 0.29) is 6.54 Å². The molecule has 1 aliphatic heterocycles. The fraction of sp³-hybridized carbons (Fsp3) is 0.600. The minimum absolute atomic E-state index is 0.180. The van der Waals surface area contributed by atoms with E-state index in [4.69, 9.17) is 9.47 Å². The van der Waals surface area contributed by atoms with E-state index < -0.39 is 10.2 Å². The Morgan fingerprint density at radius 3 is 2.36 bits per heavy atom. The summed E-state index contributed by atoms with van der Waals surface area (Å²) in [6.07, 6.45) is 4.03. The molecule has 0 aliphatic carbocycles. The summed E-state index contributed by atoms with van der Waals surface area (Å²) < 4.78 is 39.5. The molecule has 0 atom stereocenters. The van der Waals surface area contributed by atoms with Crippen LogP contribution in [0, 0.1) is 0 Å². The van der Waals surface area contributed by atoms with Crippen LogP contribution < -0.4 is 14.2 Å². The summed E-state index contributed by atoms with van der Waals surface area (Å²) in [5.74, 6) is 1.31. The first kappa shape index (κ1) is 17.1. The Hall–Kier alpha value is -1.31. The van der Waals surface area contributed by atoms with Gasteiger partial charge in [0, 0.05) is 25.2 Å². The molecule has 0 unspecified atom stereocenters. The standard InChI is InChI=1S/C15H24N2O4S/c1-20-14-7-8-15(21-2)13(11-14)12-16-22(18,19)17-9-5-3-4-6-10-17/h7-8,11,16H,3-6,9-10,12H2,1-2H3. The van der Waals surface area contributed by atoms with Gasteiger partial charge in [0.05, 0.1) is 14.2 Å². The summed E-state index contributed by atoms with van der Waals surface area (Å²) in [5.41, 5.74) is 0.750. The van der Waals surface area contributed by atoms with E-state index in [1.807, 2.05) is 0 Å². The Kier molecular flexibility index (Phi) is 6.05. The Bertz CT molecular complexity index is 581. The van der Waals surface area contributed by atoms with E-state index in [0.717, 1.165) is 31.2 Å². The minimum Gasteiger partial charge on any atom is -0.497 e. The van der Waals surface area contributed by atoms with Gasteiger partial charge in [-0.1, -0.05) is 12.8 Å². The van der Waals surface area contributed by atoms with Gasteiger partial charge < -0.3 is 9.47 Å². The molecule has 6 nitrogen and oxygen atoms in total. The molecule has 1 aliphatic rings. The van der Waals surface area contributed by atoms with Crippen molar-refractivity contribution in [1.29, 1.82) is 0 Å². The highest BCUT2D eigenvalue weighted by Crippen LogP contribution is 2.24. The van der Waals surface area contributed by atoms with Crippen molar-refractivity contribution in [3.8, 4) is 11.5 Å². The molecule has 7 heteroatoms. The molecule has 124 valence electrons. The van der Waals surface area contributed by atoms with Crippen LogP contribution in [0.25, 0.3) is 0 Å². The largest absolute Gasteiger partial charge is 0.497 e. The van der Waals surface area contributed by atoms with Crippen molar-refractivity contribution in [3.63, 3.8) is 0 Å². The van der Waals surface area contributed by atoms with Crippen molar-refractivity contribution >= 4 is 10.2 Å². The van der Waals surface area contributed by atoms with Crippen LogP contribution in [0.2, 0.25) is 0 Å². The van der Waals surface area contributed by atoms with Gasteiger partial charge in [-0.3, -0.25) is 0 Å². The van der Waals surface area contributed by atoms with Crippen molar-refractivity contribution in [1.82, 2.24) is 9.03 Å². The van der Waals surface area contributed by atoms with Gasteiger partial charge in [0.2, 0.25) is 0 Å². The Labute approximate surface area is 132 Å². The molecule has 0 aromatic heterocycles. The van der Waals surface area contributed by atoms with Crippen molar-refractivity contribution in [2.24, 2.45) is 0 Å². The first-order valence-corrected chi connectivity index (χ1v) is 8.96. The van der Waals surface area contributed by atoms with Crippen LogP contribution in [0.5, 0.6) is 11.5 Å². The van der Waals surface area contributed by atoms with Gasteiger partial charge in [0.25, 0.3) is 10.2 Å². The molecule has 0 radical (unpaired) electrons. The lowest BCUT2D eigenvalue weighted by molar-refractivity contribution is 0.396. The van der Waals surface area contributed by atoms with Gasteiger partial charge in [-0.05, 0) is 31.0 Å². The van der Waals surface area contributed by atoms with Crippen molar-refractivity contribution in [3.05, 3.63) is 23.8 Å². The normalized spacial score (nSPS) is 17.0. The molecule has 1 aromatic carbocycles. The van der Waals surface area contributed by atoms with E-state index in [1.165, 1.54) is 4.31 Å². The van der Waals surface area contributed by atoms with Crippen LogP contribution >= 0.6 is 0 Å². The van der Waals surface area contributed by atoms with Gasteiger partial charge in [-0.25, -0.2) is 0 Å². The first-order valence-electron chi connectivity index (χ1n) is 7.52. The van der Waals surface area contributed by atoms with Gasteiger partial charge >= 0.3 is 0 Å². The number of methoxy groups -OCH3 is 2. The molecule has 1 aromatic rings. The molecule has 1 heterocycles. The Morgan fingerprint density at radius 2 is 1.77 bits per heavy atom. The van der Waals surface area contributed by atoms with E-state index in [1.54, 1.807) is 32.4 Å². The maximum atomic E-state index is 12.4. The second kappa shape index (κ2) is 7.80. The summed E-state index contributed by atoms with van der Waals surface area (Å²) in [6.45, 7) is 1.36. The summed E-state index contributed by atoms with van der Waals surface area (Å²) in [5, 5.41) is 0. The Balaban J connectivity index is 2.07. The predicted molar refractivity (Wildman–Crippen MR) is 85.3 cm³/mol. The van der Waals surface area contributed by atoms with Crippen LogP contribution in [0.4, 0.5) is 0 Å². The van der Waals surface area contributed by atoms with Crippen LogP contribution in [0.1, 0.15) is 31.2 Å².